The quantitative estimate of drug-likeness (QED) is 0.902. The van der Waals surface area contributed by atoms with Crippen molar-refractivity contribution >= 4 is 5.91 Å². The number of ether oxygens (including phenoxy) is 1. The van der Waals surface area contributed by atoms with E-state index in [4.69, 9.17) is 4.74 Å². The average molecular weight is 356 g/mol. The molecule has 2 aliphatic heterocycles. The smallest absolute Gasteiger partial charge is 0.368 e. The predicted octanol–water partition coefficient (Wildman–Crippen LogP) is 2.97. The van der Waals surface area contributed by atoms with Crippen molar-refractivity contribution in [2.24, 2.45) is 0 Å². The molecule has 138 valence electrons. The zero-order chi connectivity index (χ0) is 17.9. The van der Waals surface area contributed by atoms with Crippen LogP contribution in [-0.2, 0) is 22.3 Å². The van der Waals surface area contributed by atoms with E-state index in [1.807, 2.05) is 0 Å². The highest BCUT2D eigenvalue weighted by atomic mass is 19.4. The summed E-state index contributed by atoms with van der Waals surface area (Å²) in [6, 6.07) is 5.60. The first-order valence-electron chi connectivity index (χ1n) is 8.72. The lowest BCUT2D eigenvalue weighted by Crippen LogP contribution is -2.47. The summed E-state index contributed by atoms with van der Waals surface area (Å²) in [4.78, 5) is 14.2. The second-order valence-corrected chi connectivity index (χ2v) is 6.76. The van der Waals surface area contributed by atoms with Gasteiger partial charge < -0.3 is 10.1 Å². The van der Waals surface area contributed by atoms with Gasteiger partial charge in [-0.2, -0.15) is 13.2 Å². The van der Waals surface area contributed by atoms with Crippen LogP contribution in [-0.4, -0.2) is 42.6 Å². The molecule has 1 N–H and O–H groups in total. The molecule has 1 amide bonds. The van der Waals surface area contributed by atoms with Crippen LogP contribution in [0, 0.1) is 0 Å². The molecular formula is C18H23F3N2O2. The second-order valence-electron chi connectivity index (χ2n) is 6.76. The zero-order valence-corrected chi connectivity index (χ0v) is 14.0. The minimum absolute atomic E-state index is 0.0335. The van der Waals surface area contributed by atoms with E-state index in [2.05, 4.69) is 10.2 Å². The van der Waals surface area contributed by atoms with Gasteiger partial charge in [0.15, 0.2) is 0 Å². The van der Waals surface area contributed by atoms with Crippen LogP contribution < -0.4 is 5.32 Å². The van der Waals surface area contributed by atoms with Gasteiger partial charge in [-0.1, -0.05) is 18.2 Å². The fourth-order valence-electron chi connectivity index (χ4n) is 3.42. The molecule has 0 radical (unpaired) electrons. The van der Waals surface area contributed by atoms with E-state index in [-0.39, 0.29) is 18.1 Å². The summed E-state index contributed by atoms with van der Waals surface area (Å²) in [5.41, 5.74) is 0.0559. The maximum absolute atomic E-state index is 12.8. The highest BCUT2D eigenvalue weighted by molar-refractivity contribution is 5.81. The molecule has 3 rings (SSSR count). The van der Waals surface area contributed by atoms with E-state index in [9.17, 15) is 18.0 Å². The molecule has 25 heavy (non-hydrogen) atoms. The van der Waals surface area contributed by atoms with Gasteiger partial charge >= 0.3 is 6.18 Å². The molecule has 4 nitrogen and oxygen atoms in total. The lowest BCUT2D eigenvalue weighted by molar-refractivity contribution is -0.137. The Morgan fingerprint density at radius 3 is 2.64 bits per heavy atom. The molecule has 0 aliphatic carbocycles. The van der Waals surface area contributed by atoms with Crippen LogP contribution >= 0.6 is 0 Å². The molecule has 2 fully saturated rings. The van der Waals surface area contributed by atoms with E-state index in [0.717, 1.165) is 44.8 Å². The maximum Gasteiger partial charge on any atom is 0.416 e. The summed E-state index contributed by atoms with van der Waals surface area (Å²) in [6.07, 6.45) is -1.32. The molecule has 0 bridgehead atoms. The highest BCUT2D eigenvalue weighted by Crippen LogP contribution is 2.30. The number of benzene rings is 1. The number of likely N-dealkylation sites (tertiary alicyclic amines) is 1. The predicted molar refractivity (Wildman–Crippen MR) is 86.9 cm³/mol. The van der Waals surface area contributed by atoms with Gasteiger partial charge in [0.2, 0.25) is 5.91 Å². The first-order valence-corrected chi connectivity index (χ1v) is 8.72. The fraction of sp³-hybridized carbons (Fsp3) is 0.611. The van der Waals surface area contributed by atoms with E-state index in [1.54, 1.807) is 6.07 Å². The van der Waals surface area contributed by atoms with E-state index in [1.165, 1.54) is 12.1 Å². The maximum atomic E-state index is 12.8. The van der Waals surface area contributed by atoms with Crippen LogP contribution in [0.4, 0.5) is 13.2 Å². The van der Waals surface area contributed by atoms with Gasteiger partial charge in [0.25, 0.3) is 0 Å². The van der Waals surface area contributed by atoms with Crippen molar-refractivity contribution in [3.63, 3.8) is 0 Å². The normalized spacial score (nSPS) is 22.9. The van der Waals surface area contributed by atoms with Gasteiger partial charge in [-0.15, -0.1) is 0 Å². The third kappa shape index (κ3) is 4.95. The lowest BCUT2D eigenvalue weighted by Gasteiger charge is -2.32. The molecule has 0 aromatic heterocycles. The molecule has 1 unspecified atom stereocenters. The van der Waals surface area contributed by atoms with Crippen molar-refractivity contribution in [3.8, 4) is 0 Å². The number of nitrogens with zero attached hydrogens (tertiary/aromatic N) is 1. The summed E-state index contributed by atoms with van der Waals surface area (Å²) in [7, 11) is 0. The third-order valence-corrected chi connectivity index (χ3v) is 4.82. The number of alkyl halides is 3. The Morgan fingerprint density at radius 2 is 2.00 bits per heavy atom. The number of piperidine rings is 1. The number of hydrogen-bond acceptors (Lipinski definition) is 3. The number of halogens is 3. The highest BCUT2D eigenvalue weighted by Gasteiger charge is 2.31. The molecule has 0 spiro atoms. The van der Waals surface area contributed by atoms with Crippen molar-refractivity contribution < 1.29 is 22.7 Å². The Balaban J connectivity index is 1.47. The molecule has 2 aliphatic rings. The fourth-order valence-corrected chi connectivity index (χ4v) is 3.42. The molecule has 2 saturated heterocycles. The molecule has 1 atom stereocenters. The van der Waals surface area contributed by atoms with Crippen LogP contribution in [0.5, 0.6) is 0 Å². The van der Waals surface area contributed by atoms with Crippen molar-refractivity contribution in [1.29, 1.82) is 0 Å². The Kier molecular flexibility index (Phi) is 5.64. The number of rotatable bonds is 4. The summed E-state index contributed by atoms with van der Waals surface area (Å²) >= 11 is 0. The zero-order valence-electron chi connectivity index (χ0n) is 14.0. The number of amides is 1. The summed E-state index contributed by atoms with van der Waals surface area (Å²) < 4.78 is 43.7. The third-order valence-electron chi connectivity index (χ3n) is 4.82. The van der Waals surface area contributed by atoms with Gasteiger partial charge in [-0.05, 0) is 37.3 Å². The van der Waals surface area contributed by atoms with E-state index < -0.39 is 11.7 Å². The summed E-state index contributed by atoms with van der Waals surface area (Å²) in [6.45, 7) is 2.66. The minimum atomic E-state index is -4.31. The standard InChI is InChI=1S/C18H23F3N2O2/c19-18(20,21)14-4-1-3-13(11-14)12-23-8-6-15(7-9-23)22-17(24)16-5-2-10-25-16/h1,3-4,11,15-16H,2,5-10,12H2,(H,22,24). The van der Waals surface area contributed by atoms with Gasteiger partial charge in [-0.3, -0.25) is 9.69 Å². The molecule has 0 saturated carbocycles. The van der Waals surface area contributed by atoms with E-state index in [0.29, 0.717) is 18.7 Å². The van der Waals surface area contributed by atoms with Gasteiger partial charge in [0, 0.05) is 32.3 Å². The van der Waals surface area contributed by atoms with Gasteiger partial charge in [0.1, 0.15) is 6.10 Å². The monoisotopic (exact) mass is 356 g/mol. The summed E-state index contributed by atoms with van der Waals surface area (Å²) in [5.74, 6) is -0.0335. The number of carbonyl (C=O) groups is 1. The van der Waals surface area contributed by atoms with Crippen LogP contribution in [0.2, 0.25) is 0 Å². The number of carbonyl (C=O) groups excluding carboxylic acids is 1. The Morgan fingerprint density at radius 1 is 1.24 bits per heavy atom. The van der Waals surface area contributed by atoms with Crippen LogP contribution in [0.1, 0.15) is 36.8 Å². The largest absolute Gasteiger partial charge is 0.416 e. The molecular weight excluding hydrogens is 333 g/mol. The first-order chi connectivity index (χ1) is 11.9. The second kappa shape index (κ2) is 7.74. The molecule has 1 aromatic carbocycles. The summed E-state index contributed by atoms with van der Waals surface area (Å²) in [5, 5.41) is 3.03. The van der Waals surface area contributed by atoms with Gasteiger partial charge in [0.05, 0.1) is 5.56 Å². The minimum Gasteiger partial charge on any atom is -0.368 e. The Labute approximate surface area is 145 Å². The van der Waals surface area contributed by atoms with Crippen molar-refractivity contribution in [2.75, 3.05) is 19.7 Å². The molecule has 2 heterocycles. The van der Waals surface area contributed by atoms with E-state index >= 15 is 0 Å². The SMILES string of the molecule is O=C(NC1CCN(Cc2cccc(C(F)(F)F)c2)CC1)C1CCCO1. The molecule has 1 aromatic rings. The lowest BCUT2D eigenvalue weighted by atomic mass is 10.0. The average Bonchev–Trinajstić information content (AvgIpc) is 3.11. The van der Waals surface area contributed by atoms with Gasteiger partial charge in [-0.25, -0.2) is 0 Å². The van der Waals surface area contributed by atoms with Crippen LogP contribution in [0.25, 0.3) is 0 Å². The Hall–Kier alpha value is -1.60. The van der Waals surface area contributed by atoms with Crippen molar-refractivity contribution in [2.45, 2.75) is 50.6 Å². The van der Waals surface area contributed by atoms with Crippen LogP contribution in [0.3, 0.4) is 0 Å². The molecule has 7 heteroatoms. The topological polar surface area (TPSA) is 41.6 Å². The number of nitrogens with one attached hydrogen (secondary N) is 1. The first kappa shape index (κ1) is 18.2. The number of hydrogen-bond donors (Lipinski definition) is 1. The van der Waals surface area contributed by atoms with Crippen molar-refractivity contribution in [3.05, 3.63) is 35.4 Å². The Bertz CT molecular complexity index is 592. The van der Waals surface area contributed by atoms with Crippen LogP contribution in [0.15, 0.2) is 24.3 Å². The van der Waals surface area contributed by atoms with Crippen molar-refractivity contribution in [1.82, 2.24) is 10.2 Å².